The Kier molecular flexibility index (Phi) is 24.1. The number of fused-ring (bicyclic) bond motifs is 1. The van der Waals surface area contributed by atoms with Gasteiger partial charge in [0, 0.05) is 0 Å². The molecule has 0 saturated heterocycles. The molecule has 2 aromatic heterocycles. The maximum absolute atomic E-state index is 15.6. The van der Waals surface area contributed by atoms with Crippen molar-refractivity contribution in [1.29, 1.82) is 0 Å². The highest BCUT2D eigenvalue weighted by Gasteiger charge is 2.38. The number of ether oxygens (including phenoxy) is 6. The van der Waals surface area contributed by atoms with E-state index in [1.807, 2.05) is 97.1 Å². The van der Waals surface area contributed by atoms with Gasteiger partial charge in [0.05, 0.1) is 64.8 Å². The third-order valence-electron chi connectivity index (χ3n) is 12.2. The van der Waals surface area contributed by atoms with Crippen molar-refractivity contribution in [1.82, 2.24) is 39.9 Å². The average Bonchev–Trinajstić information content (AvgIpc) is 3.99. The van der Waals surface area contributed by atoms with Crippen LogP contribution in [0.2, 0.25) is 0 Å². The molecule has 0 fully saturated rings. The van der Waals surface area contributed by atoms with E-state index in [-0.39, 0.29) is 95.2 Å². The molecule has 0 aliphatic carbocycles. The van der Waals surface area contributed by atoms with Crippen LogP contribution in [0.4, 0.5) is 5.95 Å². The molecule has 0 saturated carbocycles. The lowest BCUT2D eigenvalue weighted by Crippen LogP contribution is -2.46. The molecule has 0 aliphatic heterocycles. The summed E-state index contributed by atoms with van der Waals surface area (Å²) >= 11 is 0. The van der Waals surface area contributed by atoms with E-state index in [4.69, 9.17) is 34.2 Å². The molecule has 6 aromatic rings. The molecule has 2 heterocycles. The van der Waals surface area contributed by atoms with Gasteiger partial charge in [-0.25, -0.2) is 25.3 Å². The fourth-order valence-electron chi connectivity index (χ4n) is 8.53. The smallest absolute Gasteiger partial charge is 0.323 e. The van der Waals surface area contributed by atoms with Crippen LogP contribution in [-0.4, -0.2) is 126 Å². The minimum absolute atomic E-state index is 0.0301. The number of aromatic amines is 1. The number of carbonyl (C=O) groups is 4. The van der Waals surface area contributed by atoms with Crippen LogP contribution < -0.4 is 31.6 Å². The van der Waals surface area contributed by atoms with E-state index in [9.17, 15) is 24.0 Å². The van der Waals surface area contributed by atoms with Crippen molar-refractivity contribution in [3.8, 4) is 0 Å². The number of H-pyrrole nitrogens is 1. The zero-order valence-electron chi connectivity index (χ0n) is 44.8. The first-order chi connectivity index (χ1) is 38.1. The van der Waals surface area contributed by atoms with Gasteiger partial charge in [-0.15, -0.1) is 0 Å². The Hall–Kier alpha value is -6.87. The van der Waals surface area contributed by atoms with E-state index in [0.717, 1.165) is 22.3 Å². The summed E-state index contributed by atoms with van der Waals surface area (Å²) in [4.78, 5) is 78.7. The van der Waals surface area contributed by atoms with Crippen LogP contribution in [0.1, 0.15) is 56.0 Å². The normalized spacial score (nSPS) is 13.7. The number of esters is 4. The number of benzene rings is 4. The van der Waals surface area contributed by atoms with Crippen molar-refractivity contribution in [2.75, 3.05) is 64.5 Å². The molecule has 7 N–H and O–H groups in total. The zero-order chi connectivity index (χ0) is 56.6. The molecule has 1 unspecified atom stereocenters. The third kappa shape index (κ3) is 19.2. The van der Waals surface area contributed by atoms with Gasteiger partial charge in [-0.05, 0) is 75.6 Å². The molecular formula is C55H71N9O13P2. The van der Waals surface area contributed by atoms with Crippen LogP contribution in [0.25, 0.3) is 11.2 Å². The molecule has 0 bridgehead atoms. The van der Waals surface area contributed by atoms with Crippen LogP contribution in [0, 0.1) is 0 Å². The molecule has 6 rings (SSSR count). The SMILES string of the molecule is CCOC(=O)[C@H](Cc1ccccc1)NP(=O)(CCOCC(COCP(=O)(N[C@@H](Cc1ccccc1)C(=O)OCC)N[C@@H](Cc1ccccc1)C(=O)OCC)n1cnc2c(=O)[nH]c(N)nc21)N[C@@H](Cc1ccccc1)C(=O)OCC. The van der Waals surface area contributed by atoms with Gasteiger partial charge in [-0.1, -0.05) is 121 Å². The minimum atomic E-state index is -4.23. The number of aromatic nitrogens is 4. The van der Waals surface area contributed by atoms with Gasteiger partial charge in [0.25, 0.3) is 5.56 Å². The highest BCUT2D eigenvalue weighted by molar-refractivity contribution is 7.60. The summed E-state index contributed by atoms with van der Waals surface area (Å²) in [6.07, 6.45) is 0.706. The van der Waals surface area contributed by atoms with Crippen molar-refractivity contribution >= 4 is 55.9 Å². The van der Waals surface area contributed by atoms with Gasteiger partial charge in [0.1, 0.15) is 30.5 Å². The summed E-state index contributed by atoms with van der Waals surface area (Å²) in [5.74, 6) is -2.93. The van der Waals surface area contributed by atoms with Crippen molar-refractivity contribution in [2.45, 2.75) is 83.6 Å². The number of anilines is 1. The second-order valence-electron chi connectivity index (χ2n) is 18.2. The van der Waals surface area contributed by atoms with Crippen LogP contribution >= 0.6 is 14.9 Å². The van der Waals surface area contributed by atoms with E-state index in [0.29, 0.717) is 0 Å². The average molecular weight is 1130 g/mol. The predicted octanol–water partition coefficient (Wildman–Crippen LogP) is 5.68. The van der Waals surface area contributed by atoms with Crippen molar-refractivity contribution < 1.29 is 56.7 Å². The summed E-state index contributed by atoms with van der Waals surface area (Å²) in [6.45, 7) is 5.94. The fourth-order valence-corrected chi connectivity index (χ4v) is 12.6. The van der Waals surface area contributed by atoms with E-state index in [1.54, 1.807) is 52.0 Å². The number of nitrogens with one attached hydrogen (secondary N) is 5. The highest BCUT2D eigenvalue weighted by atomic mass is 31.2. The molecule has 0 amide bonds. The monoisotopic (exact) mass is 1130 g/mol. The number of rotatable bonds is 34. The first-order valence-electron chi connectivity index (χ1n) is 26.1. The number of carbonyl (C=O) groups excluding carboxylic acids is 4. The minimum Gasteiger partial charge on any atom is -0.465 e. The predicted molar refractivity (Wildman–Crippen MR) is 298 cm³/mol. The Labute approximate surface area is 459 Å². The maximum Gasteiger partial charge on any atom is 0.323 e. The lowest BCUT2D eigenvalue weighted by molar-refractivity contribution is -0.146. The molecule has 24 heteroatoms. The number of hydrogen-bond acceptors (Lipinski definition) is 16. The second kappa shape index (κ2) is 31.1. The number of imidazole rings is 1. The van der Waals surface area contributed by atoms with E-state index >= 15 is 9.13 Å². The number of nitrogen functional groups attached to an aromatic ring is 1. The molecule has 22 nitrogen and oxygen atoms in total. The molecule has 0 spiro atoms. The molecule has 0 radical (unpaired) electrons. The van der Waals surface area contributed by atoms with Gasteiger partial charge in [-0.3, -0.25) is 38.1 Å². The fraction of sp³-hybridized carbons (Fsp3) is 0.400. The summed E-state index contributed by atoms with van der Waals surface area (Å²) in [6, 6.07) is 30.7. The maximum atomic E-state index is 15.6. The van der Waals surface area contributed by atoms with Gasteiger partial charge < -0.3 is 38.7 Å². The van der Waals surface area contributed by atoms with Crippen LogP contribution in [0.5, 0.6) is 0 Å². The van der Waals surface area contributed by atoms with Gasteiger partial charge in [0.15, 0.2) is 11.2 Å². The summed E-state index contributed by atoms with van der Waals surface area (Å²) in [7, 11) is -8.29. The van der Waals surface area contributed by atoms with Crippen molar-refractivity contribution in [3.05, 3.63) is 160 Å². The van der Waals surface area contributed by atoms with E-state index in [2.05, 4.69) is 35.3 Å². The molecule has 0 aliphatic rings. The van der Waals surface area contributed by atoms with Gasteiger partial charge in [-0.2, -0.15) is 4.98 Å². The molecule has 4 aromatic carbocycles. The molecule has 5 atom stereocenters. The lowest BCUT2D eigenvalue weighted by Gasteiger charge is -2.30. The summed E-state index contributed by atoms with van der Waals surface area (Å²) in [5.41, 5.74) is 8.35. The molecule has 79 heavy (non-hydrogen) atoms. The van der Waals surface area contributed by atoms with Gasteiger partial charge >= 0.3 is 23.9 Å². The summed E-state index contributed by atoms with van der Waals surface area (Å²) in [5, 5.41) is 12.1. The topological polar surface area (TPSA) is 296 Å². The second-order valence-corrected chi connectivity index (χ2v) is 22.9. The quantitative estimate of drug-likeness (QED) is 0.0123. The highest BCUT2D eigenvalue weighted by Crippen LogP contribution is 2.40. The zero-order valence-corrected chi connectivity index (χ0v) is 46.6. The lowest BCUT2D eigenvalue weighted by atomic mass is 10.1. The van der Waals surface area contributed by atoms with Crippen molar-refractivity contribution in [2.24, 2.45) is 0 Å². The van der Waals surface area contributed by atoms with Gasteiger partial charge in [0.2, 0.25) is 20.8 Å². The third-order valence-corrected chi connectivity index (χ3v) is 16.4. The Morgan fingerprint density at radius 2 is 0.911 bits per heavy atom. The van der Waals surface area contributed by atoms with E-state index in [1.165, 1.54) is 10.9 Å². The van der Waals surface area contributed by atoms with Crippen LogP contribution in [0.15, 0.2) is 132 Å². The first-order valence-corrected chi connectivity index (χ1v) is 29.9. The Bertz CT molecular complexity index is 2890. The number of hydrogen-bond donors (Lipinski definition) is 6. The standard InChI is InChI=1S/C55H71N9O13P2/c1-5-74-51(66)44(31-39-21-13-9-14-22-39)60-78(70,61-45(52(67)75-6-2)32-40-23-15-10-16-24-40)30-29-72-35-43(64-37-57-48-49(64)58-55(56)59-50(48)65)36-73-38-79(71,62-46(53(68)76-7-3)33-41-25-17-11-18-26-41)63-47(54(69)77-8-4)34-42-27-19-12-20-28-42/h9-28,37,43-47H,5-8,29-36,38H2,1-4H3,(H2,60,61,70)(H2,62,63,71)(H3,56,58,59,65)/t43?,44-,45-,46-,47-/m0/s1. The Morgan fingerprint density at radius 3 is 1.28 bits per heavy atom. The molecular weight excluding hydrogens is 1060 g/mol. The van der Waals surface area contributed by atoms with E-state index < -0.39 is 80.9 Å². The number of nitrogens with two attached hydrogens (primary N) is 1. The summed E-state index contributed by atoms with van der Waals surface area (Å²) < 4.78 is 67.0. The van der Waals surface area contributed by atoms with Crippen LogP contribution in [-0.2, 0) is 82.4 Å². The first kappa shape index (κ1) is 61.3. The largest absolute Gasteiger partial charge is 0.465 e. The van der Waals surface area contributed by atoms with Crippen LogP contribution in [0.3, 0.4) is 0 Å². The Morgan fingerprint density at radius 1 is 0.557 bits per heavy atom. The Balaban J connectivity index is 1.32. The number of nitrogens with zero attached hydrogens (tertiary/aromatic N) is 3. The molecule has 424 valence electrons. The van der Waals surface area contributed by atoms with Crippen molar-refractivity contribution in [3.63, 3.8) is 0 Å².